The van der Waals surface area contributed by atoms with E-state index in [1.54, 1.807) is 6.92 Å². The van der Waals surface area contributed by atoms with Crippen molar-refractivity contribution in [2.45, 2.75) is 26.8 Å². The molecule has 1 N–H and O–H groups in total. The number of imide groups is 1. The summed E-state index contributed by atoms with van der Waals surface area (Å²) in [6, 6.07) is -0.0749. The number of likely N-dealkylation sites (N-methyl/N-ethyl adjacent to an activating group) is 1. The van der Waals surface area contributed by atoms with Gasteiger partial charge in [0.15, 0.2) is 11.5 Å². The van der Waals surface area contributed by atoms with Crippen molar-refractivity contribution < 1.29 is 38.2 Å². The van der Waals surface area contributed by atoms with Gasteiger partial charge in [0.1, 0.15) is 6.04 Å². The standard InChI is InChI=1S/C19H19BrClN3O8/c1-4-23-5-6-24(18(29)17(23)28)19(30)22-15(16(21)27)11-7-13(31-9(2)25)14(8-12(11)20)32-10(3)26/h7-8,15H,4-6H2,1-3H3,(H,22,30). The lowest BCUT2D eigenvalue weighted by Crippen LogP contribution is -2.58. The highest BCUT2D eigenvalue weighted by Gasteiger charge is 2.37. The summed E-state index contributed by atoms with van der Waals surface area (Å²) in [6.07, 6.45) is 0. The van der Waals surface area contributed by atoms with E-state index in [2.05, 4.69) is 21.2 Å². The maximum atomic E-state index is 12.7. The Bertz CT molecular complexity index is 999. The number of urea groups is 1. The second-order valence-electron chi connectivity index (χ2n) is 6.54. The van der Waals surface area contributed by atoms with Crippen LogP contribution in [0.2, 0.25) is 0 Å². The molecule has 0 bridgehead atoms. The first-order valence-electron chi connectivity index (χ1n) is 9.27. The monoisotopic (exact) mass is 531 g/mol. The molecule has 0 saturated carbocycles. The van der Waals surface area contributed by atoms with Crippen LogP contribution in [0.25, 0.3) is 0 Å². The SMILES string of the molecule is CCN1CCN(C(=O)NC(C(=O)Cl)c2cc(OC(C)=O)c(OC(C)=O)cc2Br)C(=O)C1=O. The van der Waals surface area contributed by atoms with Gasteiger partial charge in [-0.15, -0.1) is 0 Å². The zero-order valence-corrected chi connectivity index (χ0v) is 19.6. The van der Waals surface area contributed by atoms with Crippen molar-refractivity contribution in [1.29, 1.82) is 0 Å². The number of ether oxygens (including phenoxy) is 2. The molecule has 172 valence electrons. The molecule has 1 saturated heterocycles. The predicted octanol–water partition coefficient (Wildman–Crippen LogP) is 1.51. The molecule has 0 aromatic heterocycles. The molecule has 1 fully saturated rings. The lowest BCUT2D eigenvalue weighted by molar-refractivity contribution is -0.153. The molecule has 0 spiro atoms. The number of carbonyl (C=O) groups excluding carboxylic acids is 6. The molecule has 1 aliphatic rings. The minimum atomic E-state index is -1.49. The first kappa shape index (κ1) is 25.3. The van der Waals surface area contributed by atoms with Gasteiger partial charge in [0.25, 0.3) is 0 Å². The van der Waals surface area contributed by atoms with E-state index in [4.69, 9.17) is 21.1 Å². The highest BCUT2D eigenvalue weighted by atomic mass is 79.9. The van der Waals surface area contributed by atoms with Crippen molar-refractivity contribution in [3.8, 4) is 11.5 Å². The number of nitrogens with one attached hydrogen (secondary N) is 1. The van der Waals surface area contributed by atoms with Gasteiger partial charge in [-0.2, -0.15) is 0 Å². The fraction of sp³-hybridized carbons (Fsp3) is 0.368. The number of benzene rings is 1. The number of piperazine rings is 1. The number of hydrogen-bond acceptors (Lipinski definition) is 8. The maximum absolute atomic E-state index is 12.7. The molecule has 0 aliphatic carbocycles. The lowest BCUT2D eigenvalue weighted by atomic mass is 10.1. The molecule has 1 unspecified atom stereocenters. The van der Waals surface area contributed by atoms with Gasteiger partial charge in [-0.1, -0.05) is 15.9 Å². The van der Waals surface area contributed by atoms with Gasteiger partial charge in [0.05, 0.1) is 0 Å². The fourth-order valence-electron chi connectivity index (χ4n) is 2.87. The second-order valence-corrected chi connectivity index (χ2v) is 7.76. The highest BCUT2D eigenvalue weighted by Crippen LogP contribution is 2.37. The van der Waals surface area contributed by atoms with Gasteiger partial charge < -0.3 is 19.7 Å². The molecular formula is C19H19BrClN3O8. The Morgan fingerprint density at radius 3 is 2.12 bits per heavy atom. The number of hydrogen-bond donors (Lipinski definition) is 1. The highest BCUT2D eigenvalue weighted by molar-refractivity contribution is 9.10. The number of carbonyl (C=O) groups is 6. The van der Waals surface area contributed by atoms with Crippen LogP contribution >= 0.6 is 27.5 Å². The molecule has 1 aliphatic heterocycles. The first-order valence-corrected chi connectivity index (χ1v) is 10.4. The van der Waals surface area contributed by atoms with Gasteiger partial charge >= 0.3 is 29.8 Å². The van der Waals surface area contributed by atoms with E-state index < -0.39 is 41.1 Å². The normalized spacial score (nSPS) is 14.7. The third-order valence-electron chi connectivity index (χ3n) is 4.31. The van der Waals surface area contributed by atoms with E-state index >= 15 is 0 Å². The molecule has 1 aromatic carbocycles. The quantitative estimate of drug-likeness (QED) is 0.252. The van der Waals surface area contributed by atoms with Crippen LogP contribution in [0.5, 0.6) is 11.5 Å². The van der Waals surface area contributed by atoms with Crippen molar-refractivity contribution in [3.63, 3.8) is 0 Å². The summed E-state index contributed by atoms with van der Waals surface area (Å²) in [5.41, 5.74) is 0.0523. The lowest BCUT2D eigenvalue weighted by Gasteiger charge is -2.32. The molecule has 13 heteroatoms. The number of rotatable bonds is 6. The summed E-state index contributed by atoms with van der Waals surface area (Å²) in [5, 5.41) is 1.27. The summed E-state index contributed by atoms with van der Waals surface area (Å²) in [7, 11) is 0. The van der Waals surface area contributed by atoms with Crippen LogP contribution in [0.3, 0.4) is 0 Å². The van der Waals surface area contributed by atoms with Gasteiger partial charge in [0, 0.05) is 43.5 Å². The number of halogens is 2. The van der Waals surface area contributed by atoms with Gasteiger partial charge in [-0.3, -0.25) is 28.9 Å². The number of esters is 2. The minimum Gasteiger partial charge on any atom is -0.423 e. The van der Waals surface area contributed by atoms with Crippen LogP contribution in [0.1, 0.15) is 32.4 Å². The summed E-state index contributed by atoms with van der Waals surface area (Å²) >= 11 is 8.88. The second kappa shape index (κ2) is 10.6. The average molecular weight is 533 g/mol. The first-order chi connectivity index (χ1) is 15.0. The van der Waals surface area contributed by atoms with Crippen LogP contribution in [0.15, 0.2) is 16.6 Å². The zero-order chi connectivity index (χ0) is 24.2. The Morgan fingerprint density at radius 1 is 1.06 bits per heavy atom. The smallest absolute Gasteiger partial charge is 0.325 e. The van der Waals surface area contributed by atoms with E-state index in [-0.39, 0.29) is 34.6 Å². The van der Waals surface area contributed by atoms with Crippen molar-refractivity contribution in [2.75, 3.05) is 19.6 Å². The van der Waals surface area contributed by atoms with Crippen molar-refractivity contribution in [3.05, 3.63) is 22.2 Å². The van der Waals surface area contributed by atoms with E-state index in [0.717, 1.165) is 13.8 Å². The average Bonchev–Trinajstić information content (AvgIpc) is 2.69. The molecule has 1 aromatic rings. The van der Waals surface area contributed by atoms with Crippen LogP contribution in [0.4, 0.5) is 4.79 Å². The minimum absolute atomic E-state index is 0.0523. The van der Waals surface area contributed by atoms with Crippen LogP contribution < -0.4 is 14.8 Å². The molecule has 2 rings (SSSR count). The van der Waals surface area contributed by atoms with E-state index in [1.807, 2.05) is 0 Å². The third-order valence-corrected chi connectivity index (χ3v) is 5.22. The Hall–Kier alpha value is -2.99. The number of nitrogens with zero attached hydrogens (tertiary/aromatic N) is 2. The maximum Gasteiger partial charge on any atom is 0.325 e. The molecule has 1 atom stereocenters. The third kappa shape index (κ3) is 5.82. The largest absolute Gasteiger partial charge is 0.423 e. The van der Waals surface area contributed by atoms with Gasteiger partial charge in [-0.05, 0) is 30.7 Å². The van der Waals surface area contributed by atoms with Crippen molar-refractivity contribution >= 4 is 62.6 Å². The fourth-order valence-corrected chi connectivity index (χ4v) is 3.59. The van der Waals surface area contributed by atoms with E-state index in [9.17, 15) is 28.8 Å². The molecular weight excluding hydrogens is 514 g/mol. The van der Waals surface area contributed by atoms with Crippen molar-refractivity contribution in [2.24, 2.45) is 0 Å². The summed E-state index contributed by atoms with van der Waals surface area (Å²) in [4.78, 5) is 73.8. The summed E-state index contributed by atoms with van der Waals surface area (Å²) < 4.78 is 10.2. The van der Waals surface area contributed by atoms with Crippen LogP contribution in [-0.4, -0.2) is 64.5 Å². The van der Waals surface area contributed by atoms with E-state index in [0.29, 0.717) is 11.4 Å². The van der Waals surface area contributed by atoms with Crippen LogP contribution in [-0.2, 0) is 24.0 Å². The Morgan fingerprint density at radius 2 is 1.62 bits per heavy atom. The van der Waals surface area contributed by atoms with Crippen molar-refractivity contribution in [1.82, 2.24) is 15.1 Å². The Balaban J connectivity index is 2.37. The van der Waals surface area contributed by atoms with Crippen LogP contribution in [0, 0.1) is 0 Å². The van der Waals surface area contributed by atoms with Gasteiger partial charge in [0.2, 0.25) is 5.24 Å². The summed E-state index contributed by atoms with van der Waals surface area (Å²) in [5.74, 6) is -3.63. The molecule has 0 radical (unpaired) electrons. The molecule has 1 heterocycles. The number of amides is 4. The zero-order valence-electron chi connectivity index (χ0n) is 17.3. The van der Waals surface area contributed by atoms with Gasteiger partial charge in [-0.25, -0.2) is 4.79 Å². The Kier molecular flexibility index (Phi) is 8.33. The molecule has 11 nitrogen and oxygen atoms in total. The van der Waals surface area contributed by atoms with E-state index in [1.165, 1.54) is 17.0 Å². The molecule has 32 heavy (non-hydrogen) atoms. The predicted molar refractivity (Wildman–Crippen MR) is 113 cm³/mol. The Labute approximate surface area is 196 Å². The molecule has 4 amide bonds. The topological polar surface area (TPSA) is 139 Å². The summed E-state index contributed by atoms with van der Waals surface area (Å²) in [6.45, 7) is 4.33.